The fraction of sp³-hybridized carbons (Fsp3) is 0.273. The molecule has 60 heavy (non-hydrogen) atoms. The van der Waals surface area contributed by atoms with Crippen molar-refractivity contribution in [1.82, 2.24) is 31.1 Å². The number of nitrogens with zero attached hydrogens (tertiary/aromatic N) is 4. The van der Waals surface area contributed by atoms with Crippen LogP contribution in [0.5, 0.6) is 11.6 Å². The Hall–Kier alpha value is -7.10. The summed E-state index contributed by atoms with van der Waals surface area (Å²) in [5, 5.41) is 19.5. The summed E-state index contributed by atoms with van der Waals surface area (Å²) in [6.07, 6.45) is 15.8. The molecule has 14 nitrogen and oxygen atoms in total. The van der Waals surface area contributed by atoms with Crippen molar-refractivity contribution in [2.24, 2.45) is 11.7 Å². The van der Waals surface area contributed by atoms with Gasteiger partial charge in [-0.2, -0.15) is 10.2 Å². The Balaban J connectivity index is 1.33. The first-order chi connectivity index (χ1) is 28.9. The molecule has 2 unspecified atom stereocenters. The number of aromatic nitrogens is 3. The van der Waals surface area contributed by atoms with E-state index in [0.717, 1.165) is 28.3 Å². The first-order valence-electron chi connectivity index (χ1n) is 19.3. The number of benzene rings is 2. The number of pyridine rings is 1. The molecule has 6 N–H and O–H groups in total. The number of fused-ring (bicyclic) bond motifs is 1. The van der Waals surface area contributed by atoms with E-state index in [1.54, 1.807) is 41.7 Å². The number of dihydropyridines is 1. The summed E-state index contributed by atoms with van der Waals surface area (Å²) >= 11 is 0. The number of rotatable bonds is 17. The van der Waals surface area contributed by atoms with Gasteiger partial charge in [0.15, 0.2) is 0 Å². The zero-order chi connectivity index (χ0) is 42.8. The number of ether oxygens (including phenoxy) is 2. The number of methoxy groups -OCH3 is 2. The number of carbonyl (C=O) groups is 3. The topological polar surface area (TPSA) is 186 Å². The van der Waals surface area contributed by atoms with Crippen molar-refractivity contribution in [2.75, 3.05) is 31.0 Å². The van der Waals surface area contributed by atoms with Gasteiger partial charge in [0.1, 0.15) is 29.1 Å². The van der Waals surface area contributed by atoms with Gasteiger partial charge in [0.2, 0.25) is 17.7 Å². The molecule has 1 aliphatic heterocycles. The van der Waals surface area contributed by atoms with E-state index in [4.69, 9.17) is 15.2 Å². The van der Waals surface area contributed by atoms with E-state index in [1.165, 1.54) is 26.4 Å². The van der Waals surface area contributed by atoms with Gasteiger partial charge in [0.25, 0.3) is 0 Å². The van der Waals surface area contributed by atoms with Crippen molar-refractivity contribution in [3.8, 4) is 11.6 Å². The van der Waals surface area contributed by atoms with Crippen molar-refractivity contribution in [3.05, 3.63) is 132 Å². The molecule has 6 rings (SSSR count). The molecule has 2 atom stereocenters. The molecule has 2 aromatic carbocycles. The summed E-state index contributed by atoms with van der Waals surface area (Å²) in [5.74, 6) is -1.71. The van der Waals surface area contributed by atoms with Gasteiger partial charge in [-0.25, -0.2) is 18.6 Å². The van der Waals surface area contributed by atoms with Crippen LogP contribution in [-0.2, 0) is 16.1 Å². The highest BCUT2D eigenvalue weighted by atomic mass is 19.1. The maximum atomic E-state index is 15.8. The van der Waals surface area contributed by atoms with Crippen molar-refractivity contribution < 1.29 is 32.6 Å². The number of nitrogens with two attached hydrogens (primary N) is 1. The minimum atomic E-state index is -0.901. The van der Waals surface area contributed by atoms with Gasteiger partial charge < -0.3 is 41.4 Å². The highest BCUT2D eigenvalue weighted by Crippen LogP contribution is 2.40. The largest absolute Gasteiger partial charge is 0.496 e. The normalized spacial score (nSPS) is 14.7. The first kappa shape index (κ1) is 42.5. The summed E-state index contributed by atoms with van der Waals surface area (Å²) in [6.45, 7) is 4.02. The maximum absolute atomic E-state index is 15.8. The Kier molecular flexibility index (Phi) is 13.9. The molecule has 312 valence electrons. The van der Waals surface area contributed by atoms with E-state index < -0.39 is 29.6 Å². The molecule has 0 saturated carbocycles. The van der Waals surface area contributed by atoms with Gasteiger partial charge in [0.05, 0.1) is 44.9 Å². The van der Waals surface area contributed by atoms with Gasteiger partial charge in [0, 0.05) is 53.7 Å². The van der Waals surface area contributed by atoms with Crippen LogP contribution < -0.4 is 41.4 Å². The zero-order valence-corrected chi connectivity index (χ0v) is 33.7. The molecule has 1 aliphatic carbocycles. The Morgan fingerprint density at radius 2 is 1.80 bits per heavy atom. The standard InChI is InChI=1S/C44H47F2N9O5/c1-26(2)18-41(56)54-37(6-5-15-49-44(47)58)42(57)53-32-10-7-29(40(22-32)59-3)25-55(38-12-9-31(45)21-35(38)46)39-20-30(23-50-43(39)60-4)27-8-11-36-34(19-27)33(14-16-48-36)28-13-17-51-52-24-28/h7-14,16-17,19-24,26,36-37,48H,5-6,15,18,25H2,1-4H3,(H,53,57)(H,54,56)(H3,47,49,58). The van der Waals surface area contributed by atoms with Gasteiger partial charge in [-0.3, -0.25) is 9.59 Å². The molecular formula is C44H47F2N9O5. The van der Waals surface area contributed by atoms with Crippen LogP contribution in [-0.4, -0.2) is 65.9 Å². The second-order valence-corrected chi connectivity index (χ2v) is 14.5. The van der Waals surface area contributed by atoms with E-state index in [2.05, 4.69) is 42.5 Å². The lowest BCUT2D eigenvalue weighted by molar-refractivity contribution is -0.127. The molecule has 4 aromatic rings. The second-order valence-electron chi connectivity index (χ2n) is 14.5. The number of allylic oxidation sites excluding steroid dienone is 4. The number of halogens is 2. The Labute approximate surface area is 346 Å². The quantitative estimate of drug-likeness (QED) is 0.0756. The SMILES string of the molecule is COc1cc(NC(=O)C(CCCNC(N)=O)NC(=O)CC(C)C)ccc1CN(c1ccc(F)cc1F)c1cc(C2=CC3=C(c4ccnnc4)C=CNC3C=C2)cnc1OC. The van der Waals surface area contributed by atoms with Crippen LogP contribution in [0.4, 0.5) is 30.6 Å². The molecule has 0 saturated heterocycles. The van der Waals surface area contributed by atoms with Gasteiger partial charge in [-0.05, 0) is 84.2 Å². The summed E-state index contributed by atoms with van der Waals surface area (Å²) in [7, 11) is 2.92. The lowest BCUT2D eigenvalue weighted by Gasteiger charge is -2.29. The Morgan fingerprint density at radius 1 is 0.967 bits per heavy atom. The van der Waals surface area contributed by atoms with Gasteiger partial charge in [-0.15, -0.1) is 0 Å². The fourth-order valence-corrected chi connectivity index (χ4v) is 6.94. The Bertz CT molecular complexity index is 2350. The van der Waals surface area contributed by atoms with Crippen molar-refractivity contribution in [2.45, 2.75) is 51.7 Å². The number of carbonyl (C=O) groups excluding carboxylic acids is 3. The number of amides is 4. The van der Waals surface area contributed by atoms with Crippen molar-refractivity contribution in [1.29, 1.82) is 0 Å². The van der Waals surface area contributed by atoms with E-state index in [9.17, 15) is 18.8 Å². The van der Waals surface area contributed by atoms with Crippen LogP contribution in [0.1, 0.15) is 49.8 Å². The molecule has 3 heterocycles. The highest BCUT2D eigenvalue weighted by molar-refractivity contribution is 5.97. The summed E-state index contributed by atoms with van der Waals surface area (Å²) in [5.41, 5.74) is 11.0. The molecule has 4 amide bonds. The zero-order valence-electron chi connectivity index (χ0n) is 33.7. The summed E-state index contributed by atoms with van der Waals surface area (Å²) in [6, 6.07) is 10.4. The molecular weight excluding hydrogens is 773 g/mol. The molecule has 0 fully saturated rings. The third-order valence-electron chi connectivity index (χ3n) is 9.79. The van der Waals surface area contributed by atoms with Gasteiger partial charge in [-0.1, -0.05) is 32.1 Å². The number of nitrogens with one attached hydrogen (secondary N) is 4. The van der Waals surface area contributed by atoms with Crippen LogP contribution in [0.25, 0.3) is 11.1 Å². The van der Waals surface area contributed by atoms with Crippen molar-refractivity contribution >= 4 is 46.1 Å². The predicted molar refractivity (Wildman–Crippen MR) is 225 cm³/mol. The molecule has 0 bridgehead atoms. The lowest BCUT2D eigenvalue weighted by Crippen LogP contribution is -2.44. The summed E-state index contributed by atoms with van der Waals surface area (Å²) in [4.78, 5) is 43.7. The summed E-state index contributed by atoms with van der Waals surface area (Å²) < 4.78 is 41.7. The first-order valence-corrected chi connectivity index (χ1v) is 19.3. The van der Waals surface area contributed by atoms with Crippen LogP contribution in [0.3, 0.4) is 0 Å². The minimum Gasteiger partial charge on any atom is -0.496 e. The highest BCUT2D eigenvalue weighted by Gasteiger charge is 2.26. The van der Waals surface area contributed by atoms with Crippen LogP contribution in [0, 0.1) is 17.6 Å². The van der Waals surface area contributed by atoms with Crippen LogP contribution >= 0.6 is 0 Å². The smallest absolute Gasteiger partial charge is 0.312 e. The average molecular weight is 820 g/mol. The number of hydrogen-bond acceptors (Lipinski definition) is 10. The number of urea groups is 1. The van der Waals surface area contributed by atoms with E-state index in [0.29, 0.717) is 34.7 Å². The molecule has 0 radical (unpaired) electrons. The number of primary amides is 1. The lowest BCUT2D eigenvalue weighted by atomic mass is 9.87. The van der Waals surface area contributed by atoms with E-state index in [-0.39, 0.29) is 55.4 Å². The number of anilines is 3. The van der Waals surface area contributed by atoms with E-state index >= 15 is 4.39 Å². The van der Waals surface area contributed by atoms with Crippen molar-refractivity contribution in [3.63, 3.8) is 0 Å². The number of hydrogen-bond donors (Lipinski definition) is 5. The van der Waals surface area contributed by atoms with Gasteiger partial charge >= 0.3 is 6.03 Å². The third kappa shape index (κ3) is 10.5. The predicted octanol–water partition coefficient (Wildman–Crippen LogP) is 6.32. The molecule has 16 heteroatoms. The van der Waals surface area contributed by atoms with Crippen LogP contribution in [0.15, 0.2) is 103 Å². The van der Waals surface area contributed by atoms with E-state index in [1.807, 2.05) is 50.4 Å². The maximum Gasteiger partial charge on any atom is 0.312 e. The molecule has 2 aliphatic rings. The fourth-order valence-electron chi connectivity index (χ4n) is 6.94. The molecule has 0 spiro atoms. The average Bonchev–Trinajstić information content (AvgIpc) is 3.23. The minimum absolute atomic E-state index is 0.00177. The monoisotopic (exact) mass is 819 g/mol. The van der Waals surface area contributed by atoms with Crippen LogP contribution in [0.2, 0.25) is 0 Å². The molecule has 2 aromatic heterocycles. The second kappa shape index (κ2) is 19.6. The Morgan fingerprint density at radius 3 is 2.52 bits per heavy atom. The third-order valence-corrected chi connectivity index (χ3v) is 9.79.